The van der Waals surface area contributed by atoms with Crippen LogP contribution in [-0.4, -0.2) is 31.1 Å². The Bertz CT molecular complexity index is 1720. The number of fused-ring (bicyclic) bond motifs is 1. The number of nitrogens with one attached hydrogen (secondary N) is 1. The van der Waals surface area contributed by atoms with Crippen LogP contribution < -0.4 is 11.0 Å². The Morgan fingerprint density at radius 1 is 0.925 bits per heavy atom. The first-order valence-electron chi connectivity index (χ1n) is 13.6. The number of halogens is 1. The highest BCUT2D eigenvalue weighted by Gasteiger charge is 2.25. The molecular weight excluding hydrogens is 522 g/mol. The van der Waals surface area contributed by atoms with Crippen molar-refractivity contribution >= 4 is 28.5 Å². The summed E-state index contributed by atoms with van der Waals surface area (Å²) in [6.45, 7) is 2.45. The minimum absolute atomic E-state index is 0.0604. The number of benzene rings is 2. The molecule has 1 saturated carbocycles. The summed E-state index contributed by atoms with van der Waals surface area (Å²) in [6, 6.07) is 23.6. The number of carbonyl (C=O) groups excluding carboxylic acids is 1. The molecular formula is C32H30ClN5O2. The van der Waals surface area contributed by atoms with Gasteiger partial charge in [0.1, 0.15) is 0 Å². The Kier molecular flexibility index (Phi) is 7.22. The predicted octanol–water partition coefficient (Wildman–Crippen LogP) is 6.20. The molecule has 7 nitrogen and oxygen atoms in total. The second-order valence-corrected chi connectivity index (χ2v) is 10.9. The van der Waals surface area contributed by atoms with Crippen molar-refractivity contribution in [2.45, 2.75) is 45.2 Å². The summed E-state index contributed by atoms with van der Waals surface area (Å²) in [5.41, 5.74) is 5.55. The normalized spacial score (nSPS) is 17.1. The van der Waals surface area contributed by atoms with Crippen LogP contribution in [0.15, 0.2) is 90.0 Å². The SMILES string of the molecule is Cc1ncc(Cl)cc1C(=O)NC1CCC(Cn2c(=O)n(-c3ccc(-c4ccccc4)nc3)c3ccccc32)CC1. The van der Waals surface area contributed by atoms with Crippen molar-refractivity contribution in [1.82, 2.24) is 24.4 Å². The Balaban J connectivity index is 1.18. The average Bonchev–Trinajstić information content (AvgIpc) is 3.26. The molecule has 2 aromatic carbocycles. The van der Waals surface area contributed by atoms with Gasteiger partial charge in [-0.1, -0.05) is 54.1 Å². The second kappa shape index (κ2) is 11.1. The van der Waals surface area contributed by atoms with Crippen molar-refractivity contribution in [3.63, 3.8) is 0 Å². The van der Waals surface area contributed by atoms with E-state index < -0.39 is 0 Å². The smallest absolute Gasteiger partial charge is 0.333 e. The number of hydrogen-bond donors (Lipinski definition) is 1. The van der Waals surface area contributed by atoms with Gasteiger partial charge in [-0.15, -0.1) is 0 Å². The first-order chi connectivity index (χ1) is 19.5. The molecule has 3 aromatic heterocycles. The Hall–Kier alpha value is -4.23. The van der Waals surface area contributed by atoms with Crippen LogP contribution >= 0.6 is 11.6 Å². The van der Waals surface area contributed by atoms with Crippen LogP contribution in [0.3, 0.4) is 0 Å². The maximum Gasteiger partial charge on any atom is 0.333 e. The van der Waals surface area contributed by atoms with Gasteiger partial charge in [0.2, 0.25) is 0 Å². The van der Waals surface area contributed by atoms with Gasteiger partial charge in [-0.05, 0) is 68.9 Å². The molecule has 0 unspecified atom stereocenters. The number of aromatic nitrogens is 4. The summed E-state index contributed by atoms with van der Waals surface area (Å²) in [5.74, 6) is 0.209. The molecule has 1 amide bonds. The van der Waals surface area contributed by atoms with Gasteiger partial charge in [0.25, 0.3) is 5.91 Å². The molecule has 40 heavy (non-hydrogen) atoms. The van der Waals surface area contributed by atoms with E-state index in [1.807, 2.05) is 78.2 Å². The number of amides is 1. The molecule has 5 aromatic rings. The zero-order chi connectivity index (χ0) is 27.6. The van der Waals surface area contributed by atoms with Crippen molar-refractivity contribution < 1.29 is 4.79 Å². The fourth-order valence-electron chi connectivity index (χ4n) is 5.68. The average molecular weight is 552 g/mol. The Labute approximate surface area is 237 Å². The molecule has 8 heteroatoms. The highest BCUT2D eigenvalue weighted by Crippen LogP contribution is 2.28. The van der Waals surface area contributed by atoms with Crippen molar-refractivity contribution in [2.24, 2.45) is 5.92 Å². The number of para-hydroxylation sites is 2. The molecule has 0 radical (unpaired) electrons. The lowest BCUT2D eigenvalue weighted by Gasteiger charge is -2.29. The van der Waals surface area contributed by atoms with E-state index >= 15 is 0 Å². The van der Waals surface area contributed by atoms with Crippen molar-refractivity contribution in [1.29, 1.82) is 0 Å². The lowest BCUT2D eigenvalue weighted by atomic mass is 9.85. The number of imidazole rings is 1. The van der Waals surface area contributed by atoms with Gasteiger partial charge in [-0.2, -0.15) is 0 Å². The summed E-state index contributed by atoms with van der Waals surface area (Å²) in [4.78, 5) is 35.4. The molecule has 1 aliphatic rings. The number of nitrogens with zero attached hydrogens (tertiary/aromatic N) is 4. The second-order valence-electron chi connectivity index (χ2n) is 10.5. The fourth-order valence-corrected chi connectivity index (χ4v) is 5.84. The van der Waals surface area contributed by atoms with E-state index in [9.17, 15) is 9.59 Å². The first kappa shape index (κ1) is 26.0. The molecule has 6 rings (SSSR count). The first-order valence-corrected chi connectivity index (χ1v) is 14.0. The lowest BCUT2D eigenvalue weighted by molar-refractivity contribution is 0.0919. The predicted molar refractivity (Wildman–Crippen MR) is 158 cm³/mol. The van der Waals surface area contributed by atoms with E-state index in [0.717, 1.165) is 53.7 Å². The number of carbonyl (C=O) groups is 1. The van der Waals surface area contributed by atoms with Crippen LogP contribution in [0, 0.1) is 12.8 Å². The molecule has 0 saturated heterocycles. The maximum absolute atomic E-state index is 13.8. The largest absolute Gasteiger partial charge is 0.349 e. The maximum atomic E-state index is 13.8. The number of aryl methyl sites for hydroxylation is 1. The molecule has 1 fully saturated rings. The van der Waals surface area contributed by atoms with Gasteiger partial charge in [0, 0.05) is 24.3 Å². The summed E-state index contributed by atoms with van der Waals surface area (Å²) < 4.78 is 3.65. The topological polar surface area (TPSA) is 81.8 Å². The van der Waals surface area contributed by atoms with Crippen LogP contribution in [-0.2, 0) is 6.54 Å². The molecule has 0 bridgehead atoms. The zero-order valence-electron chi connectivity index (χ0n) is 22.3. The van der Waals surface area contributed by atoms with Crippen LogP contribution in [0.25, 0.3) is 28.0 Å². The molecule has 1 aliphatic carbocycles. The minimum atomic E-state index is -0.137. The van der Waals surface area contributed by atoms with Crippen molar-refractivity contribution in [2.75, 3.05) is 0 Å². The van der Waals surface area contributed by atoms with Crippen LogP contribution in [0.5, 0.6) is 0 Å². The molecule has 0 atom stereocenters. The third kappa shape index (κ3) is 5.17. The summed E-state index contributed by atoms with van der Waals surface area (Å²) in [6.07, 6.45) is 6.90. The third-order valence-electron chi connectivity index (χ3n) is 7.83. The van der Waals surface area contributed by atoms with E-state index in [2.05, 4.69) is 15.3 Å². The van der Waals surface area contributed by atoms with E-state index in [1.165, 1.54) is 0 Å². The fraction of sp³-hybridized carbons (Fsp3) is 0.250. The highest BCUT2D eigenvalue weighted by atomic mass is 35.5. The molecule has 0 spiro atoms. The summed E-state index contributed by atoms with van der Waals surface area (Å²) in [7, 11) is 0. The van der Waals surface area contributed by atoms with Gasteiger partial charge in [0.15, 0.2) is 0 Å². The third-order valence-corrected chi connectivity index (χ3v) is 8.04. The van der Waals surface area contributed by atoms with Crippen LogP contribution in [0.2, 0.25) is 5.02 Å². The molecule has 1 N–H and O–H groups in total. The van der Waals surface area contributed by atoms with Crippen LogP contribution in [0.4, 0.5) is 0 Å². The van der Waals surface area contributed by atoms with Gasteiger partial charge >= 0.3 is 5.69 Å². The van der Waals surface area contributed by atoms with Crippen molar-refractivity contribution in [3.05, 3.63) is 112 Å². The van der Waals surface area contributed by atoms with E-state index in [4.69, 9.17) is 11.6 Å². The summed E-state index contributed by atoms with van der Waals surface area (Å²) >= 11 is 6.05. The number of hydrogen-bond acceptors (Lipinski definition) is 4. The van der Waals surface area contributed by atoms with Gasteiger partial charge in [-0.3, -0.25) is 23.9 Å². The highest BCUT2D eigenvalue weighted by molar-refractivity contribution is 6.30. The standard InChI is InChI=1S/C32H30ClN5O2/c1-21-27(17-24(33)18-34-21)31(39)36-25-13-11-22(12-14-25)20-37-29-9-5-6-10-30(29)38(32(37)40)26-15-16-28(35-19-26)23-7-3-2-4-8-23/h2-10,15-19,22,25H,11-14,20H2,1H3,(H,36,39). The zero-order valence-corrected chi connectivity index (χ0v) is 23.0. The van der Waals surface area contributed by atoms with Crippen molar-refractivity contribution in [3.8, 4) is 16.9 Å². The monoisotopic (exact) mass is 551 g/mol. The van der Waals surface area contributed by atoms with E-state index in [-0.39, 0.29) is 17.6 Å². The van der Waals surface area contributed by atoms with Gasteiger partial charge < -0.3 is 5.32 Å². The lowest BCUT2D eigenvalue weighted by Crippen LogP contribution is -2.39. The van der Waals surface area contributed by atoms with E-state index in [1.54, 1.807) is 23.0 Å². The number of rotatable bonds is 6. The Morgan fingerprint density at radius 3 is 2.38 bits per heavy atom. The van der Waals surface area contributed by atoms with Gasteiger partial charge in [-0.25, -0.2) is 4.79 Å². The molecule has 3 heterocycles. The minimum Gasteiger partial charge on any atom is -0.349 e. The molecule has 202 valence electrons. The number of pyridine rings is 2. The quantitative estimate of drug-likeness (QED) is 0.272. The van der Waals surface area contributed by atoms with Gasteiger partial charge in [0.05, 0.1) is 44.9 Å². The Morgan fingerprint density at radius 2 is 1.65 bits per heavy atom. The molecule has 0 aliphatic heterocycles. The van der Waals surface area contributed by atoms with E-state index in [0.29, 0.717) is 28.7 Å². The summed E-state index contributed by atoms with van der Waals surface area (Å²) in [5, 5.41) is 3.60. The van der Waals surface area contributed by atoms with Crippen LogP contribution in [0.1, 0.15) is 41.7 Å².